The second kappa shape index (κ2) is 15.0. The van der Waals surface area contributed by atoms with Gasteiger partial charge in [-0.25, -0.2) is 0 Å². The lowest BCUT2D eigenvalue weighted by Crippen LogP contribution is -2.51. The molecule has 0 aliphatic carbocycles. The number of benzene rings is 4. The first-order chi connectivity index (χ1) is 22.1. The molecule has 0 aromatic heterocycles. The molecule has 1 amide bonds. The van der Waals surface area contributed by atoms with Crippen LogP contribution < -0.4 is 5.32 Å². The molecule has 7 nitrogen and oxygen atoms in total. The highest BCUT2D eigenvalue weighted by Crippen LogP contribution is 2.42. The molecule has 0 radical (unpaired) electrons. The van der Waals surface area contributed by atoms with E-state index in [2.05, 4.69) is 64.5 Å². The summed E-state index contributed by atoms with van der Waals surface area (Å²) in [6.45, 7) is 8.58. The molecule has 4 atom stereocenters. The number of hydrogen-bond acceptors (Lipinski definition) is 6. The maximum Gasteiger partial charge on any atom is 0.251 e. The summed E-state index contributed by atoms with van der Waals surface area (Å²) >= 11 is 0. The first kappa shape index (κ1) is 31.1. The van der Waals surface area contributed by atoms with Gasteiger partial charge in [-0.15, -0.1) is 0 Å². The molecule has 4 aromatic carbocycles. The Kier molecular flexibility index (Phi) is 10.4. The van der Waals surface area contributed by atoms with Crippen molar-refractivity contribution in [2.45, 2.75) is 45.1 Å². The van der Waals surface area contributed by atoms with Gasteiger partial charge in [0.15, 0.2) is 6.29 Å². The van der Waals surface area contributed by atoms with Gasteiger partial charge in [0.2, 0.25) is 0 Å². The van der Waals surface area contributed by atoms with Crippen molar-refractivity contribution in [1.82, 2.24) is 15.1 Å². The third-order valence-electron chi connectivity index (χ3n) is 9.02. The molecule has 2 heterocycles. The number of amides is 1. The minimum atomic E-state index is -0.513. The van der Waals surface area contributed by atoms with Gasteiger partial charge in [-0.2, -0.15) is 0 Å². The molecule has 4 aromatic rings. The minimum Gasteiger partial charge on any atom is -0.392 e. The Morgan fingerprint density at radius 1 is 0.733 bits per heavy atom. The molecule has 6 rings (SSSR count). The zero-order valence-electron chi connectivity index (χ0n) is 25.9. The lowest BCUT2D eigenvalue weighted by molar-refractivity contribution is -0.276. The molecule has 2 fully saturated rings. The molecule has 2 N–H and O–H groups in total. The van der Waals surface area contributed by atoms with Crippen LogP contribution in [0.15, 0.2) is 109 Å². The fourth-order valence-corrected chi connectivity index (χ4v) is 6.22. The third-order valence-corrected chi connectivity index (χ3v) is 9.02. The number of carbonyl (C=O) groups excluding carboxylic acids is 1. The SMILES string of the molecule is C[C@H]1[C@@H](CN2CCN(Cc3ccccc3)CC2)O[C@@H](c2ccc(CNC(=O)c3ccccc3)cc2)O[C@H]1c1ccc(CO)cc1. The Balaban J connectivity index is 1.12. The van der Waals surface area contributed by atoms with Gasteiger partial charge >= 0.3 is 0 Å². The van der Waals surface area contributed by atoms with Crippen molar-refractivity contribution in [2.24, 2.45) is 5.92 Å². The number of piperazine rings is 1. The summed E-state index contributed by atoms with van der Waals surface area (Å²) in [5.74, 6) is 0.0439. The normalized spacial score (nSPS) is 22.6. The van der Waals surface area contributed by atoms with Gasteiger partial charge in [-0.05, 0) is 34.4 Å². The molecular formula is C38H43N3O4. The van der Waals surface area contributed by atoms with E-state index in [4.69, 9.17) is 9.47 Å². The van der Waals surface area contributed by atoms with Crippen molar-refractivity contribution in [3.8, 4) is 0 Å². The molecule has 7 heteroatoms. The van der Waals surface area contributed by atoms with Gasteiger partial charge in [0.05, 0.1) is 18.8 Å². The number of aliphatic hydroxyl groups excluding tert-OH is 1. The first-order valence-electron chi connectivity index (χ1n) is 16.0. The summed E-state index contributed by atoms with van der Waals surface area (Å²) in [6.07, 6.45) is -0.677. The van der Waals surface area contributed by atoms with Crippen LogP contribution >= 0.6 is 0 Å². The van der Waals surface area contributed by atoms with Crippen molar-refractivity contribution < 1.29 is 19.4 Å². The van der Waals surface area contributed by atoms with Crippen molar-refractivity contribution in [3.05, 3.63) is 143 Å². The van der Waals surface area contributed by atoms with Gasteiger partial charge in [0.25, 0.3) is 5.91 Å². The Morgan fingerprint density at radius 2 is 1.33 bits per heavy atom. The van der Waals surface area contributed by atoms with Crippen molar-refractivity contribution in [1.29, 1.82) is 0 Å². The predicted molar refractivity (Wildman–Crippen MR) is 175 cm³/mol. The highest BCUT2D eigenvalue weighted by Gasteiger charge is 2.39. The molecule has 2 aliphatic rings. The lowest BCUT2D eigenvalue weighted by Gasteiger charge is -2.44. The van der Waals surface area contributed by atoms with Gasteiger partial charge in [-0.3, -0.25) is 14.6 Å². The average Bonchev–Trinajstić information content (AvgIpc) is 3.10. The summed E-state index contributed by atoms with van der Waals surface area (Å²) in [7, 11) is 0. The van der Waals surface area contributed by atoms with Crippen LogP contribution in [0.1, 0.15) is 57.5 Å². The van der Waals surface area contributed by atoms with Crippen LogP contribution in [0.25, 0.3) is 0 Å². The third kappa shape index (κ3) is 8.06. The van der Waals surface area contributed by atoms with E-state index in [0.29, 0.717) is 12.1 Å². The monoisotopic (exact) mass is 605 g/mol. The number of aliphatic hydroxyl groups is 1. The molecule has 0 spiro atoms. The largest absolute Gasteiger partial charge is 0.392 e. The summed E-state index contributed by atoms with van der Waals surface area (Å²) in [4.78, 5) is 17.6. The van der Waals surface area contributed by atoms with Crippen LogP contribution in [0.3, 0.4) is 0 Å². The molecule has 45 heavy (non-hydrogen) atoms. The van der Waals surface area contributed by atoms with E-state index in [-0.39, 0.29) is 30.6 Å². The van der Waals surface area contributed by atoms with E-state index in [1.165, 1.54) is 5.56 Å². The highest BCUT2D eigenvalue weighted by molar-refractivity contribution is 5.94. The van der Waals surface area contributed by atoms with E-state index < -0.39 is 6.29 Å². The second-order valence-corrected chi connectivity index (χ2v) is 12.2. The first-order valence-corrected chi connectivity index (χ1v) is 16.0. The average molecular weight is 606 g/mol. The number of nitrogens with zero attached hydrogens (tertiary/aromatic N) is 2. The van der Waals surface area contributed by atoms with Crippen LogP contribution in [0.4, 0.5) is 0 Å². The van der Waals surface area contributed by atoms with Crippen LogP contribution in [0.5, 0.6) is 0 Å². The van der Waals surface area contributed by atoms with Gasteiger partial charge < -0.3 is 19.9 Å². The lowest BCUT2D eigenvalue weighted by atomic mass is 9.90. The van der Waals surface area contributed by atoms with E-state index in [0.717, 1.165) is 61.5 Å². The molecule has 2 aliphatic heterocycles. The summed E-state index contributed by atoms with van der Waals surface area (Å²) < 4.78 is 13.4. The number of hydrogen-bond donors (Lipinski definition) is 2. The number of ether oxygens (including phenoxy) is 2. The van der Waals surface area contributed by atoms with Gasteiger partial charge in [-0.1, -0.05) is 104 Å². The summed E-state index contributed by atoms with van der Waals surface area (Å²) in [5.41, 5.74) is 5.94. The highest BCUT2D eigenvalue weighted by atomic mass is 16.7. The predicted octanol–water partition coefficient (Wildman–Crippen LogP) is 5.72. The topological polar surface area (TPSA) is 74.3 Å². The standard InChI is InChI=1S/C38H43N3O4/c1-28-35(26-41-22-20-40(21-23-41)25-30-8-4-2-5-9-30)44-38(45-36(28)32-16-14-31(27-42)15-17-32)34-18-12-29(13-19-34)24-39-37(43)33-10-6-3-7-11-33/h2-19,28,35-36,38,42H,20-27H2,1H3,(H,39,43)/t28-,35+,36+,38+/m0/s1. The van der Waals surface area contributed by atoms with E-state index in [1.807, 2.05) is 66.7 Å². The number of nitrogens with one attached hydrogen (secondary N) is 1. The minimum absolute atomic E-state index is 0.0169. The van der Waals surface area contributed by atoms with Crippen molar-refractivity contribution in [3.63, 3.8) is 0 Å². The van der Waals surface area contributed by atoms with Crippen molar-refractivity contribution >= 4 is 5.91 Å². The molecule has 0 unspecified atom stereocenters. The second-order valence-electron chi connectivity index (χ2n) is 12.2. The maximum absolute atomic E-state index is 12.5. The Bertz CT molecular complexity index is 1490. The number of rotatable bonds is 10. The Morgan fingerprint density at radius 3 is 2.00 bits per heavy atom. The zero-order chi connectivity index (χ0) is 31.0. The van der Waals surface area contributed by atoms with E-state index >= 15 is 0 Å². The van der Waals surface area contributed by atoms with Crippen molar-refractivity contribution in [2.75, 3.05) is 32.7 Å². The van der Waals surface area contributed by atoms with Crippen LogP contribution in [0, 0.1) is 5.92 Å². The molecule has 0 bridgehead atoms. The summed E-state index contributed by atoms with van der Waals surface area (Å²) in [5, 5.41) is 12.6. The summed E-state index contributed by atoms with van der Waals surface area (Å²) in [6, 6.07) is 36.1. The molecule has 0 saturated carbocycles. The molecule has 2 saturated heterocycles. The van der Waals surface area contributed by atoms with Crippen LogP contribution in [-0.2, 0) is 29.2 Å². The van der Waals surface area contributed by atoms with Crippen LogP contribution in [-0.4, -0.2) is 59.6 Å². The fraction of sp³-hybridized carbons (Fsp3) is 0.342. The van der Waals surface area contributed by atoms with Crippen LogP contribution in [0.2, 0.25) is 0 Å². The quantitative estimate of drug-likeness (QED) is 0.241. The van der Waals surface area contributed by atoms with E-state index in [9.17, 15) is 9.90 Å². The Hall–Kier alpha value is -3.85. The maximum atomic E-state index is 12.5. The fourth-order valence-electron chi connectivity index (χ4n) is 6.22. The Labute approximate surface area is 266 Å². The molecule has 234 valence electrons. The molecular weight excluding hydrogens is 562 g/mol. The van der Waals surface area contributed by atoms with Gasteiger partial charge in [0.1, 0.15) is 0 Å². The van der Waals surface area contributed by atoms with E-state index in [1.54, 1.807) is 0 Å². The van der Waals surface area contributed by atoms with Gasteiger partial charge in [0, 0.05) is 62.9 Å². The number of carbonyl (C=O) groups is 1. The zero-order valence-corrected chi connectivity index (χ0v) is 25.9. The smallest absolute Gasteiger partial charge is 0.251 e.